The second-order valence-corrected chi connectivity index (χ2v) is 7.52. The van der Waals surface area contributed by atoms with Crippen LogP contribution in [0.5, 0.6) is 0 Å². The summed E-state index contributed by atoms with van der Waals surface area (Å²) >= 11 is 0. The summed E-state index contributed by atoms with van der Waals surface area (Å²) in [5, 5.41) is 10.6. The van der Waals surface area contributed by atoms with Crippen LogP contribution in [0.25, 0.3) is 0 Å². The third-order valence-corrected chi connectivity index (χ3v) is 4.37. The second-order valence-electron chi connectivity index (χ2n) is 7.52. The molecule has 20 heavy (non-hydrogen) atoms. The minimum absolute atomic E-state index is 0.270. The van der Waals surface area contributed by atoms with Gasteiger partial charge in [0.25, 0.3) is 0 Å². The van der Waals surface area contributed by atoms with E-state index in [9.17, 15) is 5.11 Å². The molecule has 0 amide bonds. The maximum atomic E-state index is 10.6. The van der Waals surface area contributed by atoms with Crippen molar-refractivity contribution in [3.05, 3.63) is 29.1 Å². The zero-order chi connectivity index (χ0) is 14.8. The molecule has 0 bridgehead atoms. The van der Waals surface area contributed by atoms with Crippen molar-refractivity contribution in [2.24, 2.45) is 5.41 Å². The normalized spacial score (nSPS) is 18.4. The third-order valence-electron chi connectivity index (χ3n) is 4.37. The number of hydrogen-bond acceptors (Lipinski definition) is 2. The highest BCUT2D eigenvalue weighted by Gasteiger charge is 2.25. The molecule has 112 valence electrons. The van der Waals surface area contributed by atoms with Gasteiger partial charge in [-0.25, -0.2) is 0 Å². The predicted molar refractivity (Wildman–Crippen MR) is 83.8 cm³/mol. The van der Waals surface area contributed by atoms with Gasteiger partial charge in [-0.1, -0.05) is 39.7 Å². The van der Waals surface area contributed by atoms with Gasteiger partial charge >= 0.3 is 0 Å². The van der Waals surface area contributed by atoms with Crippen molar-refractivity contribution >= 4 is 0 Å². The summed E-state index contributed by atoms with van der Waals surface area (Å²) in [5.74, 6) is 0.564. The Labute approximate surface area is 123 Å². The summed E-state index contributed by atoms with van der Waals surface area (Å²) in [5.41, 5.74) is 3.58. The average molecular weight is 275 g/mol. The minimum atomic E-state index is -0.363. The van der Waals surface area contributed by atoms with Crippen LogP contribution in [0.2, 0.25) is 0 Å². The van der Waals surface area contributed by atoms with E-state index in [1.165, 1.54) is 31.4 Å². The van der Waals surface area contributed by atoms with Gasteiger partial charge in [0.05, 0.1) is 6.10 Å². The quantitative estimate of drug-likeness (QED) is 0.847. The van der Waals surface area contributed by atoms with Crippen molar-refractivity contribution < 1.29 is 5.11 Å². The number of pyridine rings is 1. The number of nitrogens with zero attached hydrogens (tertiary/aromatic N) is 1. The van der Waals surface area contributed by atoms with E-state index in [0.29, 0.717) is 5.92 Å². The second kappa shape index (κ2) is 6.26. The summed E-state index contributed by atoms with van der Waals surface area (Å²) in [6.07, 6.45) is 6.57. The molecule has 0 unspecified atom stereocenters. The zero-order valence-electron chi connectivity index (χ0n) is 13.4. The molecule has 1 aromatic rings. The lowest BCUT2D eigenvalue weighted by atomic mass is 9.86. The maximum absolute atomic E-state index is 10.6. The first kappa shape index (κ1) is 15.5. The number of rotatable bonds is 4. The summed E-state index contributed by atoms with van der Waals surface area (Å²) < 4.78 is 0. The molecule has 1 aliphatic carbocycles. The van der Waals surface area contributed by atoms with E-state index in [1.54, 1.807) is 0 Å². The Bertz CT molecular complexity index is 441. The largest absolute Gasteiger partial charge is 0.388 e. The highest BCUT2D eigenvalue weighted by atomic mass is 16.3. The van der Waals surface area contributed by atoms with Crippen LogP contribution in [0, 0.1) is 12.3 Å². The Morgan fingerprint density at radius 2 is 1.90 bits per heavy atom. The molecule has 1 aliphatic rings. The molecule has 1 heterocycles. The number of aromatic nitrogens is 1. The molecule has 1 aromatic heterocycles. The Hall–Kier alpha value is -0.890. The first-order chi connectivity index (χ1) is 9.37. The van der Waals surface area contributed by atoms with Crippen LogP contribution in [-0.4, -0.2) is 10.1 Å². The minimum Gasteiger partial charge on any atom is -0.388 e. The molecule has 0 aliphatic heterocycles. The number of aryl methyl sites for hydroxylation is 1. The molecule has 1 saturated carbocycles. The third kappa shape index (κ3) is 4.05. The molecule has 2 rings (SSSR count). The Balaban J connectivity index is 2.17. The first-order valence-corrected chi connectivity index (χ1v) is 8.02. The highest BCUT2D eigenvalue weighted by molar-refractivity contribution is 5.28. The SMILES string of the molecule is Cc1ccc([C@@H](O)CCC(C)(C)C)c(C2CCCC2)n1. The fourth-order valence-corrected chi connectivity index (χ4v) is 3.12. The lowest BCUT2D eigenvalue weighted by Gasteiger charge is -2.23. The fraction of sp³-hybridized carbons (Fsp3) is 0.722. The van der Waals surface area contributed by atoms with Crippen molar-refractivity contribution in [2.45, 2.75) is 78.2 Å². The molecular formula is C18H29NO. The van der Waals surface area contributed by atoms with E-state index >= 15 is 0 Å². The van der Waals surface area contributed by atoms with Gasteiger partial charge in [0.1, 0.15) is 0 Å². The van der Waals surface area contributed by atoms with E-state index in [2.05, 4.69) is 26.8 Å². The summed E-state index contributed by atoms with van der Waals surface area (Å²) in [4.78, 5) is 4.76. The lowest BCUT2D eigenvalue weighted by Crippen LogP contribution is -2.12. The summed E-state index contributed by atoms with van der Waals surface area (Å²) in [6, 6.07) is 4.14. The topological polar surface area (TPSA) is 33.1 Å². The fourth-order valence-electron chi connectivity index (χ4n) is 3.12. The van der Waals surface area contributed by atoms with Crippen LogP contribution in [0.15, 0.2) is 12.1 Å². The van der Waals surface area contributed by atoms with Crippen molar-refractivity contribution in [1.82, 2.24) is 4.98 Å². The summed E-state index contributed by atoms with van der Waals surface area (Å²) in [7, 11) is 0. The molecule has 0 spiro atoms. The van der Waals surface area contributed by atoms with Crippen LogP contribution in [0.3, 0.4) is 0 Å². The van der Waals surface area contributed by atoms with Crippen molar-refractivity contribution in [3.8, 4) is 0 Å². The number of aliphatic hydroxyl groups is 1. The average Bonchev–Trinajstić information content (AvgIpc) is 2.88. The molecule has 2 heteroatoms. The molecule has 1 fully saturated rings. The molecule has 0 saturated heterocycles. The van der Waals surface area contributed by atoms with Crippen molar-refractivity contribution in [2.75, 3.05) is 0 Å². The van der Waals surface area contributed by atoms with Gasteiger partial charge in [-0.2, -0.15) is 0 Å². The van der Waals surface area contributed by atoms with E-state index < -0.39 is 0 Å². The van der Waals surface area contributed by atoms with Crippen molar-refractivity contribution in [3.63, 3.8) is 0 Å². The van der Waals surface area contributed by atoms with E-state index in [0.717, 1.165) is 24.1 Å². The van der Waals surface area contributed by atoms with Crippen LogP contribution in [0.4, 0.5) is 0 Å². The van der Waals surface area contributed by atoms with Gasteiger partial charge in [0.15, 0.2) is 0 Å². The molecule has 1 atom stereocenters. The van der Waals surface area contributed by atoms with Gasteiger partial charge in [-0.3, -0.25) is 4.98 Å². The first-order valence-electron chi connectivity index (χ1n) is 8.02. The van der Waals surface area contributed by atoms with Gasteiger partial charge in [0.2, 0.25) is 0 Å². The van der Waals surface area contributed by atoms with Gasteiger partial charge in [0, 0.05) is 22.9 Å². The standard InChI is InChI=1S/C18H29NO/c1-13-9-10-15(16(20)11-12-18(2,3)4)17(19-13)14-7-5-6-8-14/h9-10,14,16,20H,5-8,11-12H2,1-4H3/t16-/m0/s1. The van der Waals surface area contributed by atoms with Crippen LogP contribution >= 0.6 is 0 Å². The molecule has 0 aromatic carbocycles. The monoisotopic (exact) mass is 275 g/mol. The van der Waals surface area contributed by atoms with Gasteiger partial charge < -0.3 is 5.11 Å². The number of hydrogen-bond donors (Lipinski definition) is 1. The highest BCUT2D eigenvalue weighted by Crippen LogP contribution is 2.38. The summed E-state index contributed by atoms with van der Waals surface area (Å²) in [6.45, 7) is 8.73. The van der Waals surface area contributed by atoms with Gasteiger partial charge in [-0.05, 0) is 44.1 Å². The lowest BCUT2D eigenvalue weighted by molar-refractivity contribution is 0.145. The molecular weight excluding hydrogens is 246 g/mol. The van der Waals surface area contributed by atoms with Crippen molar-refractivity contribution in [1.29, 1.82) is 0 Å². The molecule has 1 N–H and O–H groups in total. The Morgan fingerprint density at radius 3 is 2.50 bits per heavy atom. The van der Waals surface area contributed by atoms with Crippen LogP contribution < -0.4 is 0 Å². The molecule has 2 nitrogen and oxygen atoms in total. The van der Waals surface area contributed by atoms with E-state index in [1.807, 2.05) is 13.0 Å². The van der Waals surface area contributed by atoms with E-state index in [4.69, 9.17) is 4.98 Å². The molecule has 0 radical (unpaired) electrons. The Kier molecular flexibility index (Phi) is 4.85. The maximum Gasteiger partial charge on any atom is 0.0808 e. The predicted octanol–water partition coefficient (Wildman–Crippen LogP) is 4.91. The zero-order valence-corrected chi connectivity index (χ0v) is 13.4. The van der Waals surface area contributed by atoms with Gasteiger partial charge in [-0.15, -0.1) is 0 Å². The van der Waals surface area contributed by atoms with E-state index in [-0.39, 0.29) is 11.5 Å². The smallest absolute Gasteiger partial charge is 0.0808 e. The van der Waals surface area contributed by atoms with Crippen LogP contribution in [-0.2, 0) is 0 Å². The Morgan fingerprint density at radius 1 is 1.25 bits per heavy atom. The van der Waals surface area contributed by atoms with Crippen LogP contribution in [0.1, 0.15) is 88.3 Å². The number of aliphatic hydroxyl groups excluding tert-OH is 1.